The SMILES string of the molecule is CCCCCCCCCCCCCOC(=O)CC(O)CC. The molecule has 0 spiro atoms. The molecule has 3 nitrogen and oxygen atoms in total. The molecular weight excluding hydrogens is 264 g/mol. The van der Waals surface area contributed by atoms with Gasteiger partial charge in [-0.1, -0.05) is 78.1 Å². The molecule has 0 aliphatic rings. The van der Waals surface area contributed by atoms with Crippen molar-refractivity contribution in [2.75, 3.05) is 6.61 Å². The Morgan fingerprint density at radius 2 is 1.33 bits per heavy atom. The summed E-state index contributed by atoms with van der Waals surface area (Å²) >= 11 is 0. The Kier molecular flexibility index (Phi) is 15.4. The smallest absolute Gasteiger partial charge is 0.308 e. The fourth-order valence-electron chi connectivity index (χ4n) is 2.35. The van der Waals surface area contributed by atoms with Crippen LogP contribution in [0.4, 0.5) is 0 Å². The molecule has 0 aliphatic carbocycles. The minimum absolute atomic E-state index is 0.133. The Morgan fingerprint density at radius 1 is 0.857 bits per heavy atom. The second kappa shape index (κ2) is 15.8. The molecule has 0 amide bonds. The Bertz CT molecular complexity index is 229. The normalized spacial score (nSPS) is 12.3. The predicted octanol–water partition coefficient (Wildman–Crippen LogP) is 5.00. The topological polar surface area (TPSA) is 46.5 Å². The molecule has 0 aromatic rings. The standard InChI is InChI=1S/C18H36O3/c1-3-5-6-7-8-9-10-11-12-13-14-15-21-18(20)16-17(19)4-2/h17,19H,3-16H2,1-2H3. The number of hydrogen-bond donors (Lipinski definition) is 1. The van der Waals surface area contributed by atoms with Crippen LogP contribution in [-0.2, 0) is 9.53 Å². The highest BCUT2D eigenvalue weighted by atomic mass is 16.5. The van der Waals surface area contributed by atoms with Crippen LogP contribution in [0.2, 0.25) is 0 Å². The highest BCUT2D eigenvalue weighted by Gasteiger charge is 2.09. The molecule has 0 aromatic carbocycles. The van der Waals surface area contributed by atoms with Gasteiger partial charge in [0, 0.05) is 0 Å². The maximum Gasteiger partial charge on any atom is 0.308 e. The van der Waals surface area contributed by atoms with Crippen molar-refractivity contribution in [3.63, 3.8) is 0 Å². The van der Waals surface area contributed by atoms with Gasteiger partial charge in [0.15, 0.2) is 0 Å². The molecule has 126 valence electrons. The van der Waals surface area contributed by atoms with Crippen molar-refractivity contribution in [1.82, 2.24) is 0 Å². The number of ether oxygens (including phenoxy) is 1. The average molecular weight is 300 g/mol. The summed E-state index contributed by atoms with van der Waals surface area (Å²) in [4.78, 5) is 11.3. The van der Waals surface area contributed by atoms with Gasteiger partial charge in [-0.25, -0.2) is 0 Å². The monoisotopic (exact) mass is 300 g/mol. The van der Waals surface area contributed by atoms with Crippen molar-refractivity contribution in [2.45, 2.75) is 103 Å². The summed E-state index contributed by atoms with van der Waals surface area (Å²) in [5.41, 5.74) is 0. The van der Waals surface area contributed by atoms with Crippen LogP contribution in [0.15, 0.2) is 0 Å². The summed E-state index contributed by atoms with van der Waals surface area (Å²) in [5, 5.41) is 9.32. The van der Waals surface area contributed by atoms with Gasteiger partial charge in [0.1, 0.15) is 0 Å². The molecule has 0 radical (unpaired) electrons. The Labute approximate surface area is 131 Å². The zero-order chi connectivity index (χ0) is 15.8. The number of aliphatic hydroxyl groups excluding tert-OH is 1. The van der Waals surface area contributed by atoms with Crippen LogP contribution in [0.5, 0.6) is 0 Å². The molecule has 1 atom stereocenters. The molecule has 1 unspecified atom stereocenters. The molecule has 0 rings (SSSR count). The number of aliphatic hydroxyl groups is 1. The average Bonchev–Trinajstić information content (AvgIpc) is 2.48. The fourth-order valence-corrected chi connectivity index (χ4v) is 2.35. The summed E-state index contributed by atoms with van der Waals surface area (Å²) in [5.74, 6) is -0.267. The zero-order valence-corrected chi connectivity index (χ0v) is 14.2. The number of carbonyl (C=O) groups excluding carboxylic acids is 1. The van der Waals surface area contributed by atoms with Gasteiger partial charge < -0.3 is 9.84 Å². The quantitative estimate of drug-likeness (QED) is 0.342. The Hall–Kier alpha value is -0.570. The van der Waals surface area contributed by atoms with E-state index in [2.05, 4.69) is 6.92 Å². The minimum atomic E-state index is -0.546. The molecule has 0 fully saturated rings. The molecule has 0 aromatic heterocycles. The first-order valence-electron chi connectivity index (χ1n) is 9.04. The van der Waals surface area contributed by atoms with E-state index < -0.39 is 6.10 Å². The first-order chi connectivity index (χ1) is 10.2. The lowest BCUT2D eigenvalue weighted by Crippen LogP contribution is -2.15. The van der Waals surface area contributed by atoms with E-state index in [1.165, 1.54) is 57.8 Å². The van der Waals surface area contributed by atoms with Crippen LogP contribution in [-0.4, -0.2) is 23.8 Å². The third kappa shape index (κ3) is 15.6. The molecule has 3 heteroatoms. The third-order valence-electron chi connectivity index (χ3n) is 3.88. The summed E-state index contributed by atoms with van der Waals surface area (Å²) in [6.45, 7) is 4.62. The highest BCUT2D eigenvalue weighted by molar-refractivity contribution is 5.69. The van der Waals surface area contributed by atoms with E-state index in [4.69, 9.17) is 4.74 Å². The maximum atomic E-state index is 11.3. The van der Waals surface area contributed by atoms with Gasteiger partial charge >= 0.3 is 5.97 Å². The van der Waals surface area contributed by atoms with Crippen molar-refractivity contribution in [3.05, 3.63) is 0 Å². The van der Waals surface area contributed by atoms with Crippen LogP contribution in [0, 0.1) is 0 Å². The van der Waals surface area contributed by atoms with E-state index in [-0.39, 0.29) is 12.4 Å². The van der Waals surface area contributed by atoms with Crippen molar-refractivity contribution in [1.29, 1.82) is 0 Å². The Morgan fingerprint density at radius 3 is 1.81 bits per heavy atom. The van der Waals surface area contributed by atoms with Crippen LogP contribution < -0.4 is 0 Å². The van der Waals surface area contributed by atoms with Crippen LogP contribution in [0.25, 0.3) is 0 Å². The van der Waals surface area contributed by atoms with Gasteiger partial charge in [-0.2, -0.15) is 0 Å². The number of carbonyl (C=O) groups is 1. The van der Waals surface area contributed by atoms with Crippen LogP contribution >= 0.6 is 0 Å². The summed E-state index contributed by atoms with van der Waals surface area (Å²) < 4.78 is 5.10. The second-order valence-corrected chi connectivity index (χ2v) is 6.02. The molecule has 0 aliphatic heterocycles. The summed E-state index contributed by atoms with van der Waals surface area (Å²) in [6.07, 6.45) is 14.4. The molecule has 1 N–H and O–H groups in total. The van der Waals surface area contributed by atoms with Crippen molar-refractivity contribution < 1.29 is 14.6 Å². The van der Waals surface area contributed by atoms with E-state index in [0.717, 1.165) is 12.8 Å². The van der Waals surface area contributed by atoms with Gasteiger partial charge in [-0.15, -0.1) is 0 Å². The minimum Gasteiger partial charge on any atom is -0.466 e. The van der Waals surface area contributed by atoms with Gasteiger partial charge in [0.05, 0.1) is 19.1 Å². The summed E-state index contributed by atoms with van der Waals surface area (Å²) in [7, 11) is 0. The predicted molar refractivity (Wildman–Crippen MR) is 88.3 cm³/mol. The first-order valence-corrected chi connectivity index (χ1v) is 9.04. The largest absolute Gasteiger partial charge is 0.466 e. The van der Waals surface area contributed by atoms with E-state index in [0.29, 0.717) is 13.0 Å². The number of esters is 1. The van der Waals surface area contributed by atoms with Crippen LogP contribution in [0.1, 0.15) is 97.3 Å². The lowest BCUT2D eigenvalue weighted by molar-refractivity contribution is -0.146. The molecule has 0 saturated carbocycles. The number of unbranched alkanes of at least 4 members (excludes halogenated alkanes) is 10. The van der Waals surface area contributed by atoms with Gasteiger partial charge in [-0.05, 0) is 12.8 Å². The summed E-state index contributed by atoms with van der Waals surface area (Å²) in [6, 6.07) is 0. The lowest BCUT2D eigenvalue weighted by Gasteiger charge is -2.08. The van der Waals surface area contributed by atoms with Crippen LogP contribution in [0.3, 0.4) is 0 Å². The highest BCUT2D eigenvalue weighted by Crippen LogP contribution is 2.11. The van der Waals surface area contributed by atoms with Crippen molar-refractivity contribution in [2.24, 2.45) is 0 Å². The van der Waals surface area contributed by atoms with Gasteiger partial charge in [0.25, 0.3) is 0 Å². The lowest BCUT2D eigenvalue weighted by atomic mass is 10.1. The third-order valence-corrected chi connectivity index (χ3v) is 3.88. The Balaban J connectivity index is 3.13. The molecule has 21 heavy (non-hydrogen) atoms. The second-order valence-electron chi connectivity index (χ2n) is 6.02. The van der Waals surface area contributed by atoms with Crippen molar-refractivity contribution in [3.8, 4) is 0 Å². The molecule has 0 heterocycles. The van der Waals surface area contributed by atoms with E-state index in [1.807, 2.05) is 6.92 Å². The van der Waals surface area contributed by atoms with E-state index >= 15 is 0 Å². The first kappa shape index (κ1) is 20.4. The number of rotatable bonds is 15. The molecular formula is C18H36O3. The van der Waals surface area contributed by atoms with Crippen molar-refractivity contribution >= 4 is 5.97 Å². The van der Waals surface area contributed by atoms with E-state index in [1.54, 1.807) is 0 Å². The zero-order valence-electron chi connectivity index (χ0n) is 14.2. The number of hydrogen-bond acceptors (Lipinski definition) is 3. The van der Waals surface area contributed by atoms with Gasteiger partial charge in [-0.3, -0.25) is 4.79 Å². The fraction of sp³-hybridized carbons (Fsp3) is 0.944. The van der Waals surface area contributed by atoms with E-state index in [9.17, 15) is 9.90 Å². The van der Waals surface area contributed by atoms with Gasteiger partial charge in [0.2, 0.25) is 0 Å². The molecule has 0 bridgehead atoms. The molecule has 0 saturated heterocycles. The maximum absolute atomic E-state index is 11.3.